The van der Waals surface area contributed by atoms with Crippen molar-refractivity contribution >= 4 is 46.9 Å². The molecule has 0 radical (unpaired) electrons. The molecule has 0 aromatic heterocycles. The van der Waals surface area contributed by atoms with Gasteiger partial charge in [0.1, 0.15) is 11.5 Å². The molecule has 0 saturated heterocycles. The van der Waals surface area contributed by atoms with Gasteiger partial charge in [-0.1, -0.05) is 30.7 Å². The quantitative estimate of drug-likeness (QED) is 0.229. The fraction of sp³-hybridized carbons (Fsp3) is 0.154. The first-order valence-electron chi connectivity index (χ1n) is 11.0. The molecule has 0 saturated carbocycles. The molecule has 0 unspecified atom stereocenters. The first-order chi connectivity index (χ1) is 17.4. The molecule has 36 heavy (non-hydrogen) atoms. The van der Waals surface area contributed by atoms with E-state index in [4.69, 9.17) is 21.1 Å². The Bertz CT molecular complexity index is 1240. The molecule has 0 fully saturated rings. The Balaban J connectivity index is 1.46. The third kappa shape index (κ3) is 7.85. The summed E-state index contributed by atoms with van der Waals surface area (Å²) in [7, 11) is 1.53. The Morgan fingerprint density at radius 1 is 0.917 bits per heavy atom. The van der Waals surface area contributed by atoms with Crippen molar-refractivity contribution in [2.75, 3.05) is 24.4 Å². The molecule has 0 aliphatic heterocycles. The molecule has 3 aromatic carbocycles. The maximum absolute atomic E-state index is 12.1. The molecule has 0 aliphatic rings. The molecule has 0 heterocycles. The highest BCUT2D eigenvalue weighted by Gasteiger charge is 2.13. The molecular weight excluding hydrogens is 484 g/mol. The van der Waals surface area contributed by atoms with Crippen molar-refractivity contribution in [3.05, 3.63) is 82.9 Å². The van der Waals surface area contributed by atoms with Crippen LogP contribution in [-0.2, 0) is 20.8 Å². The number of anilines is 2. The van der Waals surface area contributed by atoms with Gasteiger partial charge in [-0.25, -0.2) is 5.43 Å². The summed E-state index contributed by atoms with van der Waals surface area (Å²) in [5.74, 6) is -1.20. The molecule has 10 heteroatoms. The van der Waals surface area contributed by atoms with E-state index < -0.39 is 11.8 Å². The summed E-state index contributed by atoms with van der Waals surface area (Å²) in [6.07, 6.45) is 2.24. The molecule has 0 atom stereocenters. The van der Waals surface area contributed by atoms with E-state index in [1.165, 1.54) is 18.9 Å². The molecule has 3 N–H and O–H groups in total. The zero-order valence-electron chi connectivity index (χ0n) is 19.7. The topological polar surface area (TPSA) is 118 Å². The predicted molar refractivity (Wildman–Crippen MR) is 139 cm³/mol. The number of benzene rings is 3. The van der Waals surface area contributed by atoms with Gasteiger partial charge in [-0.3, -0.25) is 14.4 Å². The molecule has 0 spiro atoms. The number of ether oxygens (including phenoxy) is 2. The number of rotatable bonds is 9. The molecule has 3 aromatic rings. The molecule has 186 valence electrons. The number of aryl methyl sites for hydroxylation is 1. The number of carbonyl (C=O) groups is 3. The van der Waals surface area contributed by atoms with Gasteiger partial charge in [0.05, 0.1) is 18.3 Å². The van der Waals surface area contributed by atoms with E-state index >= 15 is 0 Å². The number of nitrogens with one attached hydrogen (secondary N) is 3. The van der Waals surface area contributed by atoms with Gasteiger partial charge in [-0.2, -0.15) is 5.10 Å². The lowest BCUT2D eigenvalue weighted by atomic mass is 10.1. The largest absolute Gasteiger partial charge is 0.497 e. The van der Waals surface area contributed by atoms with Gasteiger partial charge in [-0.15, -0.1) is 0 Å². The average molecular weight is 509 g/mol. The first-order valence-corrected chi connectivity index (χ1v) is 11.3. The summed E-state index contributed by atoms with van der Waals surface area (Å²) in [4.78, 5) is 36.1. The SMILES string of the molecule is CCc1ccc(NC(=O)COc2ccc(/C=N\NC(=O)C(=O)Nc3ccc(OC)cc3)cc2Cl)cc1. The number of amides is 3. The van der Waals surface area contributed by atoms with Crippen molar-refractivity contribution in [3.8, 4) is 11.5 Å². The van der Waals surface area contributed by atoms with Crippen LogP contribution in [-0.4, -0.2) is 37.7 Å². The van der Waals surface area contributed by atoms with Gasteiger partial charge in [0, 0.05) is 11.4 Å². The van der Waals surface area contributed by atoms with Gasteiger partial charge < -0.3 is 20.1 Å². The lowest BCUT2D eigenvalue weighted by Gasteiger charge is -2.09. The maximum atomic E-state index is 12.1. The van der Waals surface area contributed by atoms with E-state index in [1.54, 1.807) is 42.5 Å². The van der Waals surface area contributed by atoms with Crippen LogP contribution in [0.5, 0.6) is 11.5 Å². The van der Waals surface area contributed by atoms with E-state index in [-0.39, 0.29) is 17.5 Å². The van der Waals surface area contributed by atoms with Gasteiger partial charge >= 0.3 is 11.8 Å². The van der Waals surface area contributed by atoms with Gasteiger partial charge in [0.15, 0.2) is 6.61 Å². The van der Waals surface area contributed by atoms with E-state index in [0.29, 0.717) is 28.4 Å². The Kier molecular flexibility index (Phi) is 9.41. The number of nitrogens with zero attached hydrogens (tertiary/aromatic N) is 1. The number of hydrazone groups is 1. The Hall–Kier alpha value is -4.37. The fourth-order valence-corrected chi connectivity index (χ4v) is 3.20. The maximum Gasteiger partial charge on any atom is 0.329 e. The van der Waals surface area contributed by atoms with Gasteiger partial charge in [0.25, 0.3) is 5.91 Å². The zero-order chi connectivity index (χ0) is 25.9. The standard InChI is InChI=1S/C26H25ClN4O5/c1-3-17-4-7-19(8-5-17)29-24(32)16-36-23-13-6-18(14-22(23)27)15-28-31-26(34)25(33)30-20-9-11-21(35-2)12-10-20/h4-15H,3,16H2,1-2H3,(H,29,32)(H,30,33)(H,31,34)/b28-15-. The van der Waals surface area contributed by atoms with Crippen molar-refractivity contribution in [2.24, 2.45) is 5.10 Å². The summed E-state index contributed by atoms with van der Waals surface area (Å²) in [6.45, 7) is 1.84. The van der Waals surface area contributed by atoms with E-state index in [1.807, 2.05) is 24.3 Å². The molecule has 9 nitrogen and oxygen atoms in total. The summed E-state index contributed by atoms with van der Waals surface area (Å²) in [5, 5.41) is 9.23. The van der Waals surface area contributed by atoms with Crippen molar-refractivity contribution < 1.29 is 23.9 Å². The number of hydrogen-bond donors (Lipinski definition) is 3. The van der Waals surface area contributed by atoms with Crippen LogP contribution in [0.2, 0.25) is 5.02 Å². The summed E-state index contributed by atoms with van der Waals surface area (Å²) in [6, 6.07) is 18.8. The number of carbonyl (C=O) groups excluding carboxylic acids is 3. The molecular formula is C26H25ClN4O5. The fourth-order valence-electron chi connectivity index (χ4n) is 2.96. The average Bonchev–Trinajstić information content (AvgIpc) is 2.89. The predicted octanol–water partition coefficient (Wildman–Crippen LogP) is 4.02. The monoisotopic (exact) mass is 508 g/mol. The first kappa shape index (κ1) is 26.2. The highest BCUT2D eigenvalue weighted by Crippen LogP contribution is 2.25. The molecule has 3 rings (SSSR count). The van der Waals surface area contributed by atoms with Gasteiger partial charge in [-0.05, 0) is 72.1 Å². The Labute approximate surface area is 213 Å². The number of halogens is 1. The van der Waals surface area contributed by atoms with Crippen molar-refractivity contribution in [1.82, 2.24) is 5.43 Å². The molecule has 0 aliphatic carbocycles. The summed E-state index contributed by atoms with van der Waals surface area (Å²) in [5.41, 5.74) is 4.98. The second-order valence-corrected chi connectivity index (χ2v) is 7.87. The molecule has 0 bridgehead atoms. The van der Waals surface area contributed by atoms with E-state index in [9.17, 15) is 14.4 Å². The van der Waals surface area contributed by atoms with Gasteiger partial charge in [0.2, 0.25) is 0 Å². The van der Waals surface area contributed by atoms with Crippen molar-refractivity contribution in [2.45, 2.75) is 13.3 Å². The minimum Gasteiger partial charge on any atom is -0.497 e. The smallest absolute Gasteiger partial charge is 0.329 e. The van der Waals surface area contributed by atoms with Crippen LogP contribution >= 0.6 is 11.6 Å². The van der Waals surface area contributed by atoms with Crippen molar-refractivity contribution in [3.63, 3.8) is 0 Å². The number of methoxy groups -OCH3 is 1. The highest BCUT2D eigenvalue weighted by atomic mass is 35.5. The minimum atomic E-state index is -0.941. The third-order valence-corrected chi connectivity index (χ3v) is 5.19. The Morgan fingerprint density at radius 3 is 2.22 bits per heavy atom. The molecule has 3 amide bonds. The second kappa shape index (κ2) is 12.9. The lowest BCUT2D eigenvalue weighted by Crippen LogP contribution is -2.32. The lowest BCUT2D eigenvalue weighted by molar-refractivity contribution is -0.136. The highest BCUT2D eigenvalue weighted by molar-refractivity contribution is 6.39. The summed E-state index contributed by atoms with van der Waals surface area (Å²) >= 11 is 6.23. The van der Waals surface area contributed by atoms with Crippen LogP contribution in [0.1, 0.15) is 18.1 Å². The van der Waals surface area contributed by atoms with Crippen LogP contribution in [0, 0.1) is 0 Å². The zero-order valence-corrected chi connectivity index (χ0v) is 20.5. The minimum absolute atomic E-state index is 0.220. The van der Waals surface area contributed by atoms with Crippen molar-refractivity contribution in [1.29, 1.82) is 0 Å². The Morgan fingerprint density at radius 2 is 1.58 bits per heavy atom. The number of hydrogen-bond acceptors (Lipinski definition) is 6. The second-order valence-electron chi connectivity index (χ2n) is 7.46. The summed E-state index contributed by atoms with van der Waals surface area (Å²) < 4.78 is 10.5. The van der Waals surface area contributed by atoms with E-state index in [2.05, 4.69) is 28.1 Å². The van der Waals surface area contributed by atoms with Crippen LogP contribution in [0.3, 0.4) is 0 Å². The van der Waals surface area contributed by atoms with Crippen LogP contribution < -0.4 is 25.5 Å². The van der Waals surface area contributed by atoms with Crippen LogP contribution in [0.15, 0.2) is 71.8 Å². The van der Waals surface area contributed by atoms with E-state index in [0.717, 1.165) is 6.42 Å². The normalized spacial score (nSPS) is 10.5. The van der Waals surface area contributed by atoms with Crippen LogP contribution in [0.25, 0.3) is 0 Å². The van der Waals surface area contributed by atoms with Crippen LogP contribution in [0.4, 0.5) is 11.4 Å². The third-order valence-electron chi connectivity index (χ3n) is 4.89.